The van der Waals surface area contributed by atoms with Gasteiger partial charge in [0.05, 0.1) is 12.3 Å². The molecule has 2 atom stereocenters. The molecule has 1 aliphatic heterocycles. The fraction of sp³-hybridized carbons (Fsp3) is 0.261. The minimum absolute atomic E-state index is 0.295. The third kappa shape index (κ3) is 4.01. The Labute approximate surface area is 185 Å². The smallest absolute Gasteiger partial charge is 0.251 e. The quantitative estimate of drug-likeness (QED) is 0.636. The molecule has 0 bridgehead atoms. The van der Waals surface area contributed by atoms with Crippen LogP contribution in [-0.2, 0) is 11.8 Å². The second-order valence-corrected chi connectivity index (χ2v) is 7.83. The molecule has 7 nitrogen and oxygen atoms in total. The lowest BCUT2D eigenvalue weighted by atomic mass is 9.82. The fourth-order valence-corrected chi connectivity index (χ4v) is 4.11. The number of ether oxygens (including phenoxy) is 1. The topological polar surface area (TPSA) is 85.2 Å². The number of carbonyl (C=O) groups is 2. The normalized spacial score (nSPS) is 17.6. The zero-order valence-corrected chi connectivity index (χ0v) is 18.2. The average Bonchev–Trinajstić information content (AvgIpc) is 3.03. The number of hydrogen-bond acceptors (Lipinski definition) is 4. The molecule has 2 aromatic carbocycles. The molecule has 160 valence electrons. The van der Waals surface area contributed by atoms with Crippen LogP contribution >= 0.6 is 11.6 Å². The molecule has 8 heteroatoms. The summed E-state index contributed by atoms with van der Waals surface area (Å²) in [5.74, 6) is 0.341. The summed E-state index contributed by atoms with van der Waals surface area (Å²) in [6, 6.07) is 13.3. The van der Waals surface area contributed by atoms with Crippen molar-refractivity contribution in [3.05, 3.63) is 75.9 Å². The summed E-state index contributed by atoms with van der Waals surface area (Å²) in [7, 11) is 1.79. The molecule has 0 saturated carbocycles. The van der Waals surface area contributed by atoms with Gasteiger partial charge in [-0.3, -0.25) is 14.3 Å². The Morgan fingerprint density at radius 1 is 1.19 bits per heavy atom. The highest BCUT2D eigenvalue weighted by Crippen LogP contribution is 2.39. The van der Waals surface area contributed by atoms with Crippen molar-refractivity contribution in [2.75, 3.05) is 11.9 Å². The van der Waals surface area contributed by atoms with E-state index in [1.54, 1.807) is 36.0 Å². The molecule has 2 heterocycles. The zero-order valence-electron chi connectivity index (χ0n) is 17.5. The number of aromatic nitrogens is 2. The maximum absolute atomic E-state index is 13.1. The van der Waals surface area contributed by atoms with E-state index in [0.717, 1.165) is 22.6 Å². The van der Waals surface area contributed by atoms with Gasteiger partial charge in [0, 0.05) is 29.1 Å². The maximum Gasteiger partial charge on any atom is 0.251 e. The number of halogens is 1. The first-order chi connectivity index (χ1) is 14.9. The van der Waals surface area contributed by atoms with Gasteiger partial charge >= 0.3 is 0 Å². The van der Waals surface area contributed by atoms with Gasteiger partial charge in [-0.1, -0.05) is 23.7 Å². The van der Waals surface area contributed by atoms with E-state index < -0.39 is 12.0 Å². The highest BCUT2D eigenvalue weighted by atomic mass is 35.5. The Balaban J connectivity index is 1.74. The van der Waals surface area contributed by atoms with Crippen LogP contribution in [0.3, 0.4) is 0 Å². The van der Waals surface area contributed by atoms with Gasteiger partial charge in [0.25, 0.3) is 5.91 Å². The monoisotopic (exact) mass is 438 g/mol. The Kier molecular flexibility index (Phi) is 5.69. The van der Waals surface area contributed by atoms with Crippen molar-refractivity contribution in [2.24, 2.45) is 7.05 Å². The van der Waals surface area contributed by atoms with E-state index in [9.17, 15) is 9.59 Å². The third-order valence-corrected chi connectivity index (χ3v) is 5.63. The van der Waals surface area contributed by atoms with E-state index >= 15 is 0 Å². The van der Waals surface area contributed by atoms with E-state index in [-0.39, 0.29) is 11.8 Å². The molecule has 0 spiro atoms. The van der Waals surface area contributed by atoms with Crippen LogP contribution in [0.2, 0.25) is 5.02 Å². The first kappa shape index (κ1) is 20.9. The zero-order chi connectivity index (χ0) is 22.1. The number of amides is 2. The van der Waals surface area contributed by atoms with Crippen molar-refractivity contribution in [3.8, 4) is 5.75 Å². The van der Waals surface area contributed by atoms with Crippen molar-refractivity contribution < 1.29 is 14.3 Å². The lowest BCUT2D eigenvalue weighted by molar-refractivity contribution is -0.118. The Bertz CT molecular complexity index is 1120. The van der Waals surface area contributed by atoms with E-state index in [2.05, 4.69) is 15.7 Å². The Morgan fingerprint density at radius 2 is 1.87 bits per heavy atom. The lowest BCUT2D eigenvalue weighted by Gasteiger charge is -2.32. The summed E-state index contributed by atoms with van der Waals surface area (Å²) < 4.78 is 7.20. The van der Waals surface area contributed by atoms with Gasteiger partial charge in [0.2, 0.25) is 5.91 Å². The highest BCUT2D eigenvalue weighted by molar-refractivity contribution is 6.30. The molecule has 3 aromatic rings. The van der Waals surface area contributed by atoms with E-state index in [4.69, 9.17) is 16.3 Å². The van der Waals surface area contributed by atoms with Gasteiger partial charge in [-0.05, 0) is 55.8 Å². The van der Waals surface area contributed by atoms with E-state index in [0.29, 0.717) is 23.0 Å². The van der Waals surface area contributed by atoms with Gasteiger partial charge in [-0.15, -0.1) is 0 Å². The first-order valence-corrected chi connectivity index (χ1v) is 10.4. The SMILES string of the molecule is CCOc1ccc([C@@H]2c3c(C)nn(C)c3NC(=O)[C@H]2NC(=O)c2ccc(Cl)cc2)cc1. The molecule has 0 aliphatic carbocycles. The molecule has 2 N–H and O–H groups in total. The minimum Gasteiger partial charge on any atom is -0.494 e. The maximum atomic E-state index is 13.1. The number of anilines is 1. The van der Waals surface area contributed by atoms with Crippen LogP contribution in [0.1, 0.15) is 40.0 Å². The standard InChI is InChI=1S/C23H23ClN4O3/c1-4-31-17-11-7-14(8-12-17)19-18-13(2)27-28(3)21(18)26-23(30)20(19)25-22(29)15-5-9-16(24)10-6-15/h5-12,19-20H,4H2,1-3H3,(H,25,29)(H,26,30)/t19-,20+/m1/s1. The number of fused-ring (bicyclic) bond motifs is 1. The molecule has 0 radical (unpaired) electrons. The summed E-state index contributed by atoms with van der Waals surface area (Å²) in [6.45, 7) is 4.39. The number of rotatable bonds is 5. The van der Waals surface area contributed by atoms with Crippen molar-refractivity contribution in [3.63, 3.8) is 0 Å². The van der Waals surface area contributed by atoms with Crippen LogP contribution in [-0.4, -0.2) is 34.2 Å². The molecule has 4 rings (SSSR count). The van der Waals surface area contributed by atoms with Gasteiger partial charge in [-0.2, -0.15) is 5.10 Å². The number of benzene rings is 2. The minimum atomic E-state index is -0.809. The molecular formula is C23H23ClN4O3. The number of nitrogens with one attached hydrogen (secondary N) is 2. The number of carbonyl (C=O) groups excluding carboxylic acids is 2. The number of hydrogen-bond donors (Lipinski definition) is 2. The van der Waals surface area contributed by atoms with Crippen molar-refractivity contribution in [2.45, 2.75) is 25.8 Å². The highest BCUT2D eigenvalue weighted by Gasteiger charge is 2.41. The molecule has 0 saturated heterocycles. The van der Waals surface area contributed by atoms with Gasteiger partial charge in [0.15, 0.2) is 0 Å². The van der Waals surface area contributed by atoms with Crippen molar-refractivity contribution in [1.29, 1.82) is 0 Å². The molecular weight excluding hydrogens is 416 g/mol. The number of nitrogens with zero attached hydrogens (tertiary/aromatic N) is 2. The van der Waals surface area contributed by atoms with Gasteiger partial charge in [0.1, 0.15) is 17.6 Å². The molecule has 0 fully saturated rings. The van der Waals surface area contributed by atoms with E-state index in [1.807, 2.05) is 38.1 Å². The number of aryl methyl sites for hydroxylation is 2. The van der Waals surface area contributed by atoms with Crippen LogP contribution in [0.25, 0.3) is 0 Å². The molecule has 31 heavy (non-hydrogen) atoms. The van der Waals surface area contributed by atoms with Crippen LogP contribution in [0.4, 0.5) is 5.82 Å². The fourth-order valence-electron chi connectivity index (χ4n) is 3.98. The predicted molar refractivity (Wildman–Crippen MR) is 119 cm³/mol. The Morgan fingerprint density at radius 3 is 2.52 bits per heavy atom. The summed E-state index contributed by atoms with van der Waals surface area (Å²) >= 11 is 5.93. The second-order valence-electron chi connectivity index (χ2n) is 7.40. The van der Waals surface area contributed by atoms with Crippen molar-refractivity contribution >= 4 is 29.2 Å². The van der Waals surface area contributed by atoms with Crippen LogP contribution in [0.15, 0.2) is 48.5 Å². The third-order valence-electron chi connectivity index (χ3n) is 5.38. The predicted octanol–water partition coefficient (Wildman–Crippen LogP) is 3.66. The summed E-state index contributed by atoms with van der Waals surface area (Å²) in [6.07, 6.45) is 0. The molecule has 1 aliphatic rings. The van der Waals surface area contributed by atoms with Crippen LogP contribution in [0.5, 0.6) is 5.75 Å². The van der Waals surface area contributed by atoms with Gasteiger partial charge < -0.3 is 15.4 Å². The largest absolute Gasteiger partial charge is 0.494 e. The molecule has 0 unspecified atom stereocenters. The summed E-state index contributed by atoms with van der Waals surface area (Å²) in [5, 5.41) is 10.8. The Hall–Kier alpha value is -3.32. The second kappa shape index (κ2) is 8.43. The molecule has 2 amide bonds. The van der Waals surface area contributed by atoms with Gasteiger partial charge in [-0.25, -0.2) is 0 Å². The van der Waals surface area contributed by atoms with Crippen molar-refractivity contribution in [1.82, 2.24) is 15.1 Å². The molecule has 1 aromatic heterocycles. The van der Waals surface area contributed by atoms with Crippen LogP contribution in [0, 0.1) is 6.92 Å². The lowest BCUT2D eigenvalue weighted by Crippen LogP contribution is -2.50. The summed E-state index contributed by atoms with van der Waals surface area (Å²) in [5.41, 5.74) is 2.99. The average molecular weight is 439 g/mol. The van der Waals surface area contributed by atoms with Crippen LogP contribution < -0.4 is 15.4 Å². The first-order valence-electron chi connectivity index (χ1n) is 10.0. The van der Waals surface area contributed by atoms with E-state index in [1.165, 1.54) is 0 Å². The summed E-state index contributed by atoms with van der Waals surface area (Å²) in [4.78, 5) is 26.0.